The average Bonchev–Trinajstić information content (AvgIpc) is 2.11. The summed E-state index contributed by atoms with van der Waals surface area (Å²) in [5.41, 5.74) is 0.621. The number of rotatable bonds is 2. The Kier molecular flexibility index (Phi) is 3.50. The second-order valence-corrected chi connectivity index (χ2v) is 3.83. The van der Waals surface area contributed by atoms with Gasteiger partial charge in [0, 0.05) is 4.47 Å². The van der Waals surface area contributed by atoms with Gasteiger partial charge in [0.05, 0.1) is 17.0 Å². The fraction of sp³-hybridized carbons (Fsp3) is 0.111. The van der Waals surface area contributed by atoms with E-state index in [0.29, 0.717) is 10.0 Å². The minimum atomic E-state index is -0.996. The molecule has 0 amide bonds. The van der Waals surface area contributed by atoms with Crippen molar-refractivity contribution in [2.24, 2.45) is 0 Å². The van der Waals surface area contributed by atoms with Crippen LogP contribution in [-0.2, 0) is 11.2 Å². The van der Waals surface area contributed by atoms with Crippen molar-refractivity contribution in [1.82, 2.24) is 0 Å². The highest BCUT2D eigenvalue weighted by Gasteiger charge is 2.13. The lowest BCUT2D eigenvalue weighted by molar-refractivity contribution is -0.136. The van der Waals surface area contributed by atoms with E-state index in [9.17, 15) is 4.79 Å². The standard InChI is InChI=1S/C9H5BrClNO2/c10-7-1-2-8(11)6(4-12)5(7)3-9(13)14/h1-2H,3H2,(H,13,14). The molecule has 0 atom stereocenters. The summed E-state index contributed by atoms with van der Waals surface area (Å²) in [6.07, 6.45) is -0.218. The minimum Gasteiger partial charge on any atom is -0.481 e. The van der Waals surface area contributed by atoms with Gasteiger partial charge >= 0.3 is 5.97 Å². The Morgan fingerprint density at radius 1 is 1.64 bits per heavy atom. The molecule has 0 saturated heterocycles. The monoisotopic (exact) mass is 273 g/mol. The van der Waals surface area contributed by atoms with Crippen molar-refractivity contribution in [1.29, 1.82) is 5.26 Å². The van der Waals surface area contributed by atoms with Gasteiger partial charge in [0.2, 0.25) is 0 Å². The van der Waals surface area contributed by atoms with Crippen molar-refractivity contribution in [3.8, 4) is 6.07 Å². The third-order valence-electron chi connectivity index (χ3n) is 1.64. The number of carboxylic acid groups (broad SMARTS) is 1. The van der Waals surface area contributed by atoms with Crippen molar-refractivity contribution < 1.29 is 9.90 Å². The van der Waals surface area contributed by atoms with E-state index in [2.05, 4.69) is 15.9 Å². The quantitative estimate of drug-likeness (QED) is 0.901. The van der Waals surface area contributed by atoms with Gasteiger partial charge in [-0.3, -0.25) is 4.79 Å². The lowest BCUT2D eigenvalue weighted by Crippen LogP contribution is -2.03. The predicted octanol–water partition coefficient (Wildman–Crippen LogP) is 2.60. The van der Waals surface area contributed by atoms with Crippen molar-refractivity contribution >= 4 is 33.5 Å². The molecule has 1 rings (SSSR count). The molecule has 0 bridgehead atoms. The summed E-state index contributed by atoms with van der Waals surface area (Å²) in [4.78, 5) is 10.5. The van der Waals surface area contributed by atoms with Gasteiger partial charge in [-0.25, -0.2) is 0 Å². The van der Waals surface area contributed by atoms with Gasteiger partial charge in [-0.15, -0.1) is 0 Å². The summed E-state index contributed by atoms with van der Waals surface area (Å²) in [7, 11) is 0. The highest BCUT2D eigenvalue weighted by atomic mass is 79.9. The number of benzene rings is 1. The molecule has 0 aromatic heterocycles. The lowest BCUT2D eigenvalue weighted by Gasteiger charge is -2.05. The van der Waals surface area contributed by atoms with Crippen LogP contribution in [0.15, 0.2) is 16.6 Å². The number of carbonyl (C=O) groups is 1. The van der Waals surface area contributed by atoms with Gasteiger partial charge in [0.15, 0.2) is 0 Å². The Morgan fingerprint density at radius 2 is 2.29 bits per heavy atom. The topological polar surface area (TPSA) is 61.1 Å². The first kappa shape index (κ1) is 11.0. The molecule has 72 valence electrons. The van der Waals surface area contributed by atoms with E-state index in [4.69, 9.17) is 22.0 Å². The highest BCUT2D eigenvalue weighted by Crippen LogP contribution is 2.27. The Labute approximate surface area is 94.0 Å². The Hall–Kier alpha value is -1.05. The maximum Gasteiger partial charge on any atom is 0.307 e. The summed E-state index contributed by atoms with van der Waals surface area (Å²) in [6, 6.07) is 5.06. The van der Waals surface area contributed by atoms with Crippen molar-refractivity contribution in [2.75, 3.05) is 0 Å². The van der Waals surface area contributed by atoms with Crippen LogP contribution >= 0.6 is 27.5 Å². The van der Waals surface area contributed by atoms with E-state index in [1.807, 2.05) is 6.07 Å². The van der Waals surface area contributed by atoms with Gasteiger partial charge < -0.3 is 5.11 Å². The molecule has 0 fully saturated rings. The number of hydrogen-bond donors (Lipinski definition) is 1. The van der Waals surface area contributed by atoms with Gasteiger partial charge in [-0.05, 0) is 17.7 Å². The zero-order valence-corrected chi connectivity index (χ0v) is 9.26. The summed E-state index contributed by atoms with van der Waals surface area (Å²) >= 11 is 8.93. The van der Waals surface area contributed by atoms with Crippen molar-refractivity contribution in [2.45, 2.75) is 6.42 Å². The number of hydrogen-bond acceptors (Lipinski definition) is 2. The molecule has 14 heavy (non-hydrogen) atoms. The SMILES string of the molecule is N#Cc1c(Cl)ccc(Br)c1CC(=O)O. The number of carboxylic acids is 1. The van der Waals surface area contributed by atoms with Crippen LogP contribution in [0.5, 0.6) is 0 Å². The molecule has 3 nitrogen and oxygen atoms in total. The van der Waals surface area contributed by atoms with Gasteiger partial charge in [-0.1, -0.05) is 27.5 Å². The second kappa shape index (κ2) is 4.45. The predicted molar refractivity (Wildman–Crippen MR) is 55.2 cm³/mol. The summed E-state index contributed by atoms with van der Waals surface area (Å²) < 4.78 is 0.584. The van der Waals surface area contributed by atoms with E-state index >= 15 is 0 Å². The molecule has 0 aliphatic rings. The van der Waals surface area contributed by atoms with Crippen LogP contribution in [0.3, 0.4) is 0 Å². The van der Waals surface area contributed by atoms with Crippen LogP contribution in [0.25, 0.3) is 0 Å². The first-order valence-corrected chi connectivity index (χ1v) is 4.82. The molecule has 0 saturated carbocycles. The van der Waals surface area contributed by atoms with Crippen LogP contribution < -0.4 is 0 Å². The van der Waals surface area contributed by atoms with E-state index in [1.165, 1.54) is 0 Å². The zero-order valence-electron chi connectivity index (χ0n) is 6.92. The minimum absolute atomic E-state index is 0.212. The molecule has 1 aromatic carbocycles. The normalized spacial score (nSPS) is 9.50. The highest BCUT2D eigenvalue weighted by molar-refractivity contribution is 9.10. The Bertz CT molecular complexity index is 426. The van der Waals surface area contributed by atoms with E-state index < -0.39 is 5.97 Å². The number of nitrogens with zero attached hydrogens (tertiary/aromatic N) is 1. The number of nitriles is 1. The molecular formula is C9H5BrClNO2. The van der Waals surface area contributed by atoms with E-state index in [0.717, 1.165) is 0 Å². The van der Waals surface area contributed by atoms with Crippen LogP contribution in [0.4, 0.5) is 0 Å². The van der Waals surface area contributed by atoms with E-state index in [-0.39, 0.29) is 17.0 Å². The Morgan fingerprint density at radius 3 is 2.79 bits per heavy atom. The van der Waals surface area contributed by atoms with Crippen LogP contribution in [-0.4, -0.2) is 11.1 Å². The third kappa shape index (κ3) is 2.25. The molecule has 0 unspecified atom stereocenters. The maximum atomic E-state index is 10.5. The lowest BCUT2D eigenvalue weighted by atomic mass is 10.1. The van der Waals surface area contributed by atoms with Gasteiger partial charge in [0.25, 0.3) is 0 Å². The molecular weight excluding hydrogens is 269 g/mol. The molecule has 0 spiro atoms. The third-order valence-corrected chi connectivity index (χ3v) is 2.70. The second-order valence-electron chi connectivity index (χ2n) is 2.57. The number of halogens is 2. The van der Waals surface area contributed by atoms with E-state index in [1.54, 1.807) is 12.1 Å². The first-order chi connectivity index (χ1) is 6.56. The number of aliphatic carboxylic acids is 1. The van der Waals surface area contributed by atoms with Crippen molar-refractivity contribution in [3.63, 3.8) is 0 Å². The average molecular weight is 275 g/mol. The molecule has 0 aliphatic heterocycles. The van der Waals surface area contributed by atoms with Crippen LogP contribution in [0.1, 0.15) is 11.1 Å². The molecule has 5 heteroatoms. The molecule has 1 N–H and O–H groups in total. The van der Waals surface area contributed by atoms with Gasteiger partial charge in [0.1, 0.15) is 6.07 Å². The molecule has 0 heterocycles. The van der Waals surface area contributed by atoms with Crippen molar-refractivity contribution in [3.05, 3.63) is 32.8 Å². The summed E-state index contributed by atoms with van der Waals surface area (Å²) in [6.45, 7) is 0. The fourth-order valence-corrected chi connectivity index (χ4v) is 1.73. The molecule has 0 radical (unpaired) electrons. The first-order valence-electron chi connectivity index (χ1n) is 3.65. The van der Waals surface area contributed by atoms with Gasteiger partial charge in [-0.2, -0.15) is 5.26 Å². The fourth-order valence-electron chi connectivity index (χ4n) is 1.04. The molecule has 1 aromatic rings. The summed E-state index contributed by atoms with van der Waals surface area (Å²) in [5.74, 6) is -0.996. The summed E-state index contributed by atoms with van der Waals surface area (Å²) in [5, 5.41) is 17.7. The zero-order chi connectivity index (χ0) is 10.7. The maximum absolute atomic E-state index is 10.5. The van der Waals surface area contributed by atoms with Crippen LogP contribution in [0.2, 0.25) is 5.02 Å². The molecule has 0 aliphatic carbocycles. The largest absolute Gasteiger partial charge is 0.481 e. The smallest absolute Gasteiger partial charge is 0.307 e. The van der Waals surface area contributed by atoms with Crippen LogP contribution in [0, 0.1) is 11.3 Å². The Balaban J connectivity index is 3.31.